The molecule has 2 aromatic rings. The molecule has 0 bridgehead atoms. The summed E-state index contributed by atoms with van der Waals surface area (Å²) >= 11 is 6.04. The lowest BCUT2D eigenvalue weighted by Gasteiger charge is -2.26. The zero-order valence-corrected chi connectivity index (χ0v) is 16.1. The van der Waals surface area contributed by atoms with Crippen molar-refractivity contribution in [2.24, 2.45) is 0 Å². The van der Waals surface area contributed by atoms with Gasteiger partial charge in [-0.2, -0.15) is 5.10 Å². The van der Waals surface area contributed by atoms with E-state index in [9.17, 15) is 9.59 Å². The van der Waals surface area contributed by atoms with E-state index in [-0.39, 0.29) is 11.8 Å². The molecule has 1 saturated heterocycles. The van der Waals surface area contributed by atoms with Crippen molar-refractivity contribution in [3.05, 3.63) is 46.1 Å². The van der Waals surface area contributed by atoms with Gasteiger partial charge in [-0.1, -0.05) is 30.2 Å². The maximum atomic E-state index is 12.4. The third-order valence-electron chi connectivity index (χ3n) is 4.75. The van der Waals surface area contributed by atoms with E-state index in [1.165, 1.54) is 19.3 Å². The molecule has 1 fully saturated rings. The van der Waals surface area contributed by atoms with Gasteiger partial charge < -0.3 is 15.5 Å². The molecule has 0 atom stereocenters. The van der Waals surface area contributed by atoms with Crippen molar-refractivity contribution in [1.29, 1.82) is 0 Å². The van der Waals surface area contributed by atoms with Gasteiger partial charge in [-0.05, 0) is 45.0 Å². The first kappa shape index (κ1) is 19.4. The van der Waals surface area contributed by atoms with Crippen LogP contribution in [0, 0.1) is 6.92 Å². The Morgan fingerprint density at radius 3 is 2.67 bits per heavy atom. The fourth-order valence-corrected chi connectivity index (χ4v) is 3.38. The van der Waals surface area contributed by atoms with E-state index in [0.29, 0.717) is 34.2 Å². The van der Waals surface area contributed by atoms with Crippen molar-refractivity contribution in [3.63, 3.8) is 0 Å². The van der Waals surface area contributed by atoms with Crippen molar-refractivity contribution in [1.82, 2.24) is 20.4 Å². The number of benzene rings is 1. The monoisotopic (exact) mass is 389 g/mol. The topological polar surface area (TPSA) is 90.1 Å². The Hall–Kier alpha value is -2.38. The van der Waals surface area contributed by atoms with Gasteiger partial charge in [0.2, 0.25) is 0 Å². The number of aromatic amines is 1. The summed E-state index contributed by atoms with van der Waals surface area (Å²) in [6.07, 6.45) is 3.74. The van der Waals surface area contributed by atoms with Crippen LogP contribution in [0.25, 0.3) is 0 Å². The molecule has 1 aliphatic heterocycles. The van der Waals surface area contributed by atoms with Crippen LogP contribution in [0.4, 0.5) is 5.82 Å². The fraction of sp³-hybridized carbons (Fsp3) is 0.421. The Kier molecular flexibility index (Phi) is 6.47. The van der Waals surface area contributed by atoms with Crippen LogP contribution in [-0.2, 0) is 0 Å². The predicted molar refractivity (Wildman–Crippen MR) is 105 cm³/mol. The molecule has 27 heavy (non-hydrogen) atoms. The summed E-state index contributed by atoms with van der Waals surface area (Å²) in [7, 11) is 0. The van der Waals surface area contributed by atoms with Gasteiger partial charge in [-0.3, -0.25) is 14.7 Å². The van der Waals surface area contributed by atoms with Crippen molar-refractivity contribution in [2.75, 3.05) is 31.5 Å². The smallest absolute Gasteiger partial charge is 0.269 e. The lowest BCUT2D eigenvalue weighted by molar-refractivity contribution is 0.0940. The lowest BCUT2D eigenvalue weighted by atomic mass is 10.1. The average Bonchev–Trinajstić information content (AvgIpc) is 3.03. The summed E-state index contributed by atoms with van der Waals surface area (Å²) in [6.45, 7) is 5.35. The Labute approximate surface area is 163 Å². The number of nitrogens with zero attached hydrogens (tertiary/aromatic N) is 2. The number of hydrogen-bond donors (Lipinski definition) is 3. The molecule has 0 radical (unpaired) electrons. The Morgan fingerprint density at radius 2 is 1.93 bits per heavy atom. The maximum Gasteiger partial charge on any atom is 0.269 e. The van der Waals surface area contributed by atoms with E-state index >= 15 is 0 Å². The molecule has 144 valence electrons. The van der Waals surface area contributed by atoms with Gasteiger partial charge in [0.25, 0.3) is 11.8 Å². The minimum Gasteiger partial charge on any atom is -0.349 e. The largest absolute Gasteiger partial charge is 0.349 e. The Morgan fingerprint density at radius 1 is 1.19 bits per heavy atom. The van der Waals surface area contributed by atoms with Crippen LogP contribution in [0.1, 0.15) is 45.7 Å². The van der Waals surface area contributed by atoms with E-state index in [0.717, 1.165) is 19.6 Å². The number of halogens is 1. The minimum absolute atomic E-state index is 0.227. The number of carbonyl (C=O) groups is 2. The van der Waals surface area contributed by atoms with E-state index in [4.69, 9.17) is 11.6 Å². The number of nitrogens with one attached hydrogen (secondary N) is 3. The summed E-state index contributed by atoms with van der Waals surface area (Å²) < 4.78 is 0. The van der Waals surface area contributed by atoms with Crippen LogP contribution < -0.4 is 10.6 Å². The molecule has 7 nitrogen and oxygen atoms in total. The van der Waals surface area contributed by atoms with E-state index in [1.807, 2.05) is 0 Å². The van der Waals surface area contributed by atoms with Crippen molar-refractivity contribution in [3.8, 4) is 0 Å². The third kappa shape index (κ3) is 4.87. The van der Waals surface area contributed by atoms with Gasteiger partial charge in [-0.15, -0.1) is 0 Å². The van der Waals surface area contributed by atoms with Gasteiger partial charge in [0.05, 0.1) is 10.6 Å². The van der Waals surface area contributed by atoms with Crippen LogP contribution in [0.15, 0.2) is 24.3 Å². The minimum atomic E-state index is -0.368. The summed E-state index contributed by atoms with van der Waals surface area (Å²) in [5.74, 6) is -0.274. The van der Waals surface area contributed by atoms with E-state index in [2.05, 4.69) is 25.7 Å². The number of H-pyrrole nitrogens is 1. The summed E-state index contributed by atoms with van der Waals surface area (Å²) in [5.41, 5.74) is 1.29. The zero-order chi connectivity index (χ0) is 19.2. The first-order valence-corrected chi connectivity index (χ1v) is 9.55. The number of hydrogen-bond acceptors (Lipinski definition) is 4. The van der Waals surface area contributed by atoms with Gasteiger partial charge in [-0.25, -0.2) is 0 Å². The second-order valence-electron chi connectivity index (χ2n) is 6.66. The highest BCUT2D eigenvalue weighted by molar-refractivity contribution is 6.34. The maximum absolute atomic E-state index is 12.4. The Bertz CT molecular complexity index is 814. The standard InChI is InChI=1S/C19H24ClN5O2/c1-13-16(19(27)21-9-12-25-10-5-2-6-11-25)23-24-17(13)22-18(26)14-7-3-4-8-15(14)20/h3-4,7-8H,2,5-6,9-12H2,1H3,(H,21,27)(H2,22,23,24,26). The molecule has 3 rings (SSSR count). The molecule has 1 aromatic heterocycles. The highest BCUT2D eigenvalue weighted by atomic mass is 35.5. The predicted octanol–water partition coefficient (Wildman–Crippen LogP) is 2.84. The van der Waals surface area contributed by atoms with E-state index in [1.54, 1.807) is 31.2 Å². The lowest BCUT2D eigenvalue weighted by Crippen LogP contribution is -2.37. The van der Waals surface area contributed by atoms with Crippen molar-refractivity contribution < 1.29 is 9.59 Å². The first-order chi connectivity index (χ1) is 13.1. The summed E-state index contributed by atoms with van der Waals surface area (Å²) in [6, 6.07) is 6.77. The number of aromatic nitrogens is 2. The molecule has 2 amide bonds. The molecular weight excluding hydrogens is 366 g/mol. The summed E-state index contributed by atoms with van der Waals surface area (Å²) in [5, 5.41) is 12.7. The van der Waals surface area contributed by atoms with Crippen LogP contribution in [0.5, 0.6) is 0 Å². The molecule has 0 spiro atoms. The second-order valence-corrected chi connectivity index (χ2v) is 7.07. The van der Waals surface area contributed by atoms with Gasteiger partial charge in [0.1, 0.15) is 5.69 Å². The van der Waals surface area contributed by atoms with E-state index < -0.39 is 0 Å². The first-order valence-electron chi connectivity index (χ1n) is 9.17. The van der Waals surface area contributed by atoms with Gasteiger partial charge >= 0.3 is 0 Å². The molecular formula is C19H24ClN5O2. The van der Waals surface area contributed by atoms with Crippen molar-refractivity contribution in [2.45, 2.75) is 26.2 Å². The normalized spacial score (nSPS) is 14.7. The molecule has 1 aromatic carbocycles. The molecule has 2 heterocycles. The molecule has 3 N–H and O–H groups in total. The molecule has 8 heteroatoms. The van der Waals surface area contributed by atoms with Gasteiger partial charge in [0, 0.05) is 18.7 Å². The van der Waals surface area contributed by atoms with Crippen LogP contribution in [-0.4, -0.2) is 53.1 Å². The number of piperidine rings is 1. The number of amides is 2. The van der Waals surface area contributed by atoms with Crippen molar-refractivity contribution >= 4 is 29.2 Å². The Balaban J connectivity index is 1.56. The SMILES string of the molecule is Cc1c(NC(=O)c2ccccc2Cl)n[nH]c1C(=O)NCCN1CCCCC1. The van der Waals surface area contributed by atoms with Crippen LogP contribution in [0.2, 0.25) is 5.02 Å². The number of carbonyl (C=O) groups excluding carboxylic acids is 2. The molecule has 0 saturated carbocycles. The third-order valence-corrected chi connectivity index (χ3v) is 5.08. The number of likely N-dealkylation sites (tertiary alicyclic amines) is 1. The number of anilines is 1. The quantitative estimate of drug-likeness (QED) is 0.708. The molecule has 1 aliphatic rings. The van der Waals surface area contributed by atoms with Crippen LogP contribution in [0.3, 0.4) is 0 Å². The average molecular weight is 390 g/mol. The summed E-state index contributed by atoms with van der Waals surface area (Å²) in [4.78, 5) is 27.1. The number of rotatable bonds is 6. The van der Waals surface area contributed by atoms with Crippen LogP contribution >= 0.6 is 11.6 Å². The second kappa shape index (κ2) is 9.01. The van der Waals surface area contributed by atoms with Gasteiger partial charge in [0.15, 0.2) is 5.82 Å². The fourth-order valence-electron chi connectivity index (χ4n) is 3.16. The molecule has 0 aliphatic carbocycles. The molecule has 0 unspecified atom stereocenters. The highest BCUT2D eigenvalue weighted by Crippen LogP contribution is 2.19. The highest BCUT2D eigenvalue weighted by Gasteiger charge is 2.19. The zero-order valence-electron chi connectivity index (χ0n) is 15.3.